The Kier molecular flexibility index (Phi) is 4.69. The maximum absolute atomic E-state index is 13.2. The molecule has 1 aromatic rings. The SMILES string of the molecule is CCOC1CC(NC(=O)c2ccc(F)c(Cl)c2)(C(=O)O)C1(C)C. The van der Waals surface area contributed by atoms with Crippen LogP contribution >= 0.6 is 11.6 Å². The zero-order valence-corrected chi connectivity index (χ0v) is 13.9. The maximum Gasteiger partial charge on any atom is 0.330 e. The lowest BCUT2D eigenvalue weighted by Gasteiger charge is -2.58. The minimum atomic E-state index is -1.44. The lowest BCUT2D eigenvalue weighted by molar-refractivity contribution is -0.190. The number of nitrogens with one attached hydrogen (secondary N) is 1. The molecule has 1 aliphatic carbocycles. The highest BCUT2D eigenvalue weighted by Crippen LogP contribution is 2.51. The van der Waals surface area contributed by atoms with Crippen molar-refractivity contribution in [3.63, 3.8) is 0 Å². The Bertz CT molecular complexity index is 649. The molecule has 1 aliphatic rings. The Labute approximate surface area is 138 Å². The van der Waals surface area contributed by atoms with Crippen molar-refractivity contribution in [3.05, 3.63) is 34.6 Å². The van der Waals surface area contributed by atoms with E-state index >= 15 is 0 Å². The van der Waals surface area contributed by atoms with Gasteiger partial charge in [-0.25, -0.2) is 9.18 Å². The number of carbonyl (C=O) groups excluding carboxylic acids is 1. The van der Waals surface area contributed by atoms with Crippen molar-refractivity contribution in [2.75, 3.05) is 6.61 Å². The molecular weight excluding hydrogens is 325 g/mol. The van der Waals surface area contributed by atoms with Crippen molar-refractivity contribution in [2.45, 2.75) is 38.8 Å². The van der Waals surface area contributed by atoms with Crippen molar-refractivity contribution >= 4 is 23.5 Å². The number of carboxylic acids is 1. The molecular formula is C16H19ClFNO4. The first-order valence-electron chi connectivity index (χ1n) is 7.28. The number of carbonyl (C=O) groups is 2. The zero-order valence-electron chi connectivity index (χ0n) is 13.2. The van der Waals surface area contributed by atoms with Gasteiger partial charge in [0.25, 0.3) is 5.91 Å². The van der Waals surface area contributed by atoms with E-state index in [0.29, 0.717) is 6.61 Å². The van der Waals surface area contributed by atoms with Crippen molar-refractivity contribution < 1.29 is 23.8 Å². The monoisotopic (exact) mass is 343 g/mol. The molecule has 1 aromatic carbocycles. The summed E-state index contributed by atoms with van der Waals surface area (Å²) in [5.41, 5.74) is -2.12. The van der Waals surface area contributed by atoms with Crippen molar-refractivity contribution in [2.24, 2.45) is 5.41 Å². The summed E-state index contributed by atoms with van der Waals surface area (Å²) in [6.45, 7) is 5.77. The van der Waals surface area contributed by atoms with Gasteiger partial charge in [0.15, 0.2) is 0 Å². The highest BCUT2D eigenvalue weighted by atomic mass is 35.5. The standard InChI is InChI=1S/C16H19ClFNO4/c1-4-23-12-8-16(14(21)22,15(12,2)3)19-13(20)9-5-6-11(18)10(17)7-9/h5-7,12H,4,8H2,1-3H3,(H,19,20)(H,21,22). The number of hydrogen-bond donors (Lipinski definition) is 2. The van der Waals surface area contributed by atoms with E-state index in [0.717, 1.165) is 6.07 Å². The summed E-state index contributed by atoms with van der Waals surface area (Å²) in [4.78, 5) is 24.2. The number of carboxylic acid groups (broad SMARTS) is 1. The van der Waals surface area contributed by atoms with Crippen LogP contribution in [0.25, 0.3) is 0 Å². The predicted molar refractivity (Wildman–Crippen MR) is 83.1 cm³/mol. The van der Waals surface area contributed by atoms with Gasteiger partial charge in [-0.2, -0.15) is 0 Å². The molecule has 0 bridgehead atoms. The molecule has 0 radical (unpaired) electrons. The molecule has 7 heteroatoms. The molecule has 2 atom stereocenters. The van der Waals surface area contributed by atoms with E-state index in [4.69, 9.17) is 16.3 Å². The van der Waals surface area contributed by atoms with Crippen LogP contribution in [-0.2, 0) is 9.53 Å². The van der Waals surface area contributed by atoms with E-state index in [-0.39, 0.29) is 23.1 Å². The summed E-state index contributed by atoms with van der Waals surface area (Å²) in [7, 11) is 0. The van der Waals surface area contributed by atoms with Crippen LogP contribution < -0.4 is 5.32 Å². The average molecular weight is 344 g/mol. The molecule has 2 rings (SSSR count). The van der Waals surface area contributed by atoms with Gasteiger partial charge in [0.05, 0.1) is 11.1 Å². The van der Waals surface area contributed by atoms with E-state index in [1.165, 1.54) is 12.1 Å². The fourth-order valence-electron chi connectivity index (χ4n) is 2.94. The fraction of sp³-hybridized carbons (Fsp3) is 0.500. The third-order valence-electron chi connectivity index (χ3n) is 4.64. The van der Waals surface area contributed by atoms with Crippen LogP contribution in [0, 0.1) is 11.2 Å². The smallest absolute Gasteiger partial charge is 0.330 e. The van der Waals surface area contributed by atoms with Crippen LogP contribution in [0.2, 0.25) is 5.02 Å². The molecule has 1 saturated carbocycles. The minimum Gasteiger partial charge on any atom is -0.479 e. The molecule has 23 heavy (non-hydrogen) atoms. The topological polar surface area (TPSA) is 75.6 Å². The number of aliphatic carboxylic acids is 1. The first-order valence-corrected chi connectivity index (χ1v) is 7.66. The van der Waals surface area contributed by atoms with Crippen LogP contribution in [0.15, 0.2) is 18.2 Å². The van der Waals surface area contributed by atoms with Crippen LogP contribution in [0.5, 0.6) is 0 Å². The van der Waals surface area contributed by atoms with E-state index < -0.39 is 28.6 Å². The third-order valence-corrected chi connectivity index (χ3v) is 4.93. The fourth-order valence-corrected chi connectivity index (χ4v) is 3.12. The molecule has 0 spiro atoms. The molecule has 1 fully saturated rings. The Hall–Kier alpha value is -1.66. The third kappa shape index (κ3) is 2.81. The predicted octanol–water partition coefficient (Wildman–Crippen LogP) is 2.87. The number of amides is 1. The van der Waals surface area contributed by atoms with Crippen LogP contribution in [-0.4, -0.2) is 35.2 Å². The van der Waals surface area contributed by atoms with Crippen molar-refractivity contribution in [1.29, 1.82) is 0 Å². The normalized spacial score (nSPS) is 25.5. The quantitative estimate of drug-likeness (QED) is 0.862. The van der Waals surface area contributed by atoms with Crippen molar-refractivity contribution in [1.82, 2.24) is 5.32 Å². The molecule has 0 aromatic heterocycles. The Morgan fingerprint density at radius 1 is 1.48 bits per heavy atom. The molecule has 0 aliphatic heterocycles. The first-order chi connectivity index (χ1) is 10.7. The molecule has 1 amide bonds. The second-order valence-electron chi connectivity index (χ2n) is 6.16. The highest BCUT2D eigenvalue weighted by Gasteiger charge is 2.66. The lowest BCUT2D eigenvalue weighted by atomic mass is 9.54. The summed E-state index contributed by atoms with van der Waals surface area (Å²) in [6, 6.07) is 3.50. The minimum absolute atomic E-state index is 0.104. The van der Waals surface area contributed by atoms with Gasteiger partial charge in [-0.05, 0) is 25.1 Å². The Morgan fingerprint density at radius 2 is 2.13 bits per heavy atom. The van der Waals surface area contributed by atoms with Gasteiger partial charge in [-0.3, -0.25) is 4.79 Å². The maximum atomic E-state index is 13.2. The van der Waals surface area contributed by atoms with Crippen LogP contribution in [0.3, 0.4) is 0 Å². The second kappa shape index (κ2) is 6.09. The molecule has 2 unspecified atom stereocenters. The van der Waals surface area contributed by atoms with Crippen molar-refractivity contribution in [3.8, 4) is 0 Å². The Balaban J connectivity index is 2.26. The van der Waals surface area contributed by atoms with E-state index in [1.807, 2.05) is 6.92 Å². The summed E-state index contributed by atoms with van der Waals surface area (Å²) in [6.07, 6.45) is -0.0928. The summed E-state index contributed by atoms with van der Waals surface area (Å²) in [5, 5.41) is 12.0. The number of ether oxygens (including phenoxy) is 1. The van der Waals surface area contributed by atoms with Gasteiger partial charge in [0.2, 0.25) is 0 Å². The van der Waals surface area contributed by atoms with Gasteiger partial charge in [-0.15, -0.1) is 0 Å². The lowest BCUT2D eigenvalue weighted by Crippen LogP contribution is -2.76. The molecule has 0 saturated heterocycles. The summed E-state index contributed by atoms with van der Waals surface area (Å²) in [5.74, 6) is -2.38. The highest BCUT2D eigenvalue weighted by molar-refractivity contribution is 6.31. The number of benzene rings is 1. The second-order valence-corrected chi connectivity index (χ2v) is 6.57. The largest absolute Gasteiger partial charge is 0.479 e. The van der Waals surface area contributed by atoms with Gasteiger partial charge < -0.3 is 15.2 Å². The summed E-state index contributed by atoms with van der Waals surface area (Å²) < 4.78 is 18.7. The number of rotatable bonds is 5. The first kappa shape index (κ1) is 17.7. The van der Waals surface area contributed by atoms with E-state index in [2.05, 4.69) is 5.32 Å². The van der Waals surface area contributed by atoms with Crippen LogP contribution in [0.4, 0.5) is 4.39 Å². The molecule has 0 heterocycles. The van der Waals surface area contributed by atoms with E-state index in [9.17, 15) is 19.1 Å². The van der Waals surface area contributed by atoms with Gasteiger partial charge in [0, 0.05) is 24.0 Å². The Morgan fingerprint density at radius 3 is 2.61 bits per heavy atom. The summed E-state index contributed by atoms with van der Waals surface area (Å²) >= 11 is 5.67. The number of halogens is 2. The molecule has 126 valence electrons. The number of hydrogen-bond acceptors (Lipinski definition) is 3. The van der Waals surface area contributed by atoms with Gasteiger partial charge in [-0.1, -0.05) is 25.4 Å². The average Bonchev–Trinajstić information content (AvgIpc) is 2.48. The van der Waals surface area contributed by atoms with Crippen LogP contribution in [0.1, 0.15) is 37.6 Å². The van der Waals surface area contributed by atoms with Gasteiger partial charge in [0.1, 0.15) is 11.4 Å². The molecule has 2 N–H and O–H groups in total. The molecule has 5 nitrogen and oxygen atoms in total. The zero-order chi connectivity index (χ0) is 17.4. The van der Waals surface area contributed by atoms with E-state index in [1.54, 1.807) is 13.8 Å². The van der Waals surface area contributed by atoms with Gasteiger partial charge >= 0.3 is 5.97 Å².